The highest BCUT2D eigenvalue weighted by molar-refractivity contribution is 5.85. The topological polar surface area (TPSA) is 107 Å². The molecule has 0 bridgehead atoms. The molecule has 2 rings (SSSR count). The van der Waals surface area contributed by atoms with Gasteiger partial charge >= 0.3 is 5.69 Å². The highest BCUT2D eigenvalue weighted by atomic mass is 35.5. The molecule has 2 aromatic rings. The zero-order valence-electron chi connectivity index (χ0n) is 13.8. The van der Waals surface area contributed by atoms with Crippen LogP contribution in [0.2, 0.25) is 0 Å². The van der Waals surface area contributed by atoms with Gasteiger partial charge in [0.25, 0.3) is 0 Å². The van der Waals surface area contributed by atoms with Gasteiger partial charge in [0.1, 0.15) is 12.4 Å². The van der Waals surface area contributed by atoms with Gasteiger partial charge in [0, 0.05) is 26.1 Å². The van der Waals surface area contributed by atoms with Crippen LogP contribution in [0.5, 0.6) is 0 Å². The zero-order valence-corrected chi connectivity index (χ0v) is 14.6. The molecule has 2 N–H and O–H groups in total. The summed E-state index contributed by atoms with van der Waals surface area (Å²) in [6.45, 7) is 1.94. The molecule has 0 saturated carbocycles. The molecule has 1 amide bonds. The predicted molar refractivity (Wildman–Crippen MR) is 96.3 cm³/mol. The van der Waals surface area contributed by atoms with Gasteiger partial charge in [-0.05, 0) is 18.5 Å². The van der Waals surface area contributed by atoms with Gasteiger partial charge in [0.15, 0.2) is 0 Å². The molecule has 0 atom stereocenters. The van der Waals surface area contributed by atoms with Crippen LogP contribution in [0.1, 0.15) is 18.4 Å². The first kappa shape index (κ1) is 20.6. The number of carbonyl (C=O) groups is 1. The summed E-state index contributed by atoms with van der Waals surface area (Å²) in [6.07, 6.45) is 3.47. The highest BCUT2D eigenvalue weighted by Gasteiger charge is 2.15. The Morgan fingerprint density at radius 3 is 2.64 bits per heavy atom. The molecule has 0 aliphatic rings. The SMILES string of the molecule is Cl.NCCCN(Cc1ccccc1)C(=O)CCn1cc([N+](=O)[O-])cn1. The lowest BCUT2D eigenvalue weighted by atomic mass is 10.2. The van der Waals surface area contributed by atoms with Crippen molar-refractivity contribution in [1.82, 2.24) is 14.7 Å². The van der Waals surface area contributed by atoms with Crippen LogP contribution in [0.3, 0.4) is 0 Å². The summed E-state index contributed by atoms with van der Waals surface area (Å²) in [4.78, 5) is 24.4. The molecule has 9 heteroatoms. The predicted octanol–water partition coefficient (Wildman–Crippen LogP) is 1.98. The number of rotatable bonds is 9. The second-order valence-corrected chi connectivity index (χ2v) is 5.41. The summed E-state index contributed by atoms with van der Waals surface area (Å²) in [6, 6.07) is 9.74. The fraction of sp³-hybridized carbons (Fsp3) is 0.375. The summed E-state index contributed by atoms with van der Waals surface area (Å²) in [5.74, 6) is -0.0227. The van der Waals surface area contributed by atoms with E-state index < -0.39 is 4.92 Å². The van der Waals surface area contributed by atoms with E-state index in [0.29, 0.717) is 26.2 Å². The minimum atomic E-state index is -0.506. The number of aryl methyl sites for hydroxylation is 1. The number of halogens is 1. The molecule has 136 valence electrons. The molecule has 0 radical (unpaired) electrons. The van der Waals surface area contributed by atoms with E-state index in [1.165, 1.54) is 17.1 Å². The number of benzene rings is 1. The van der Waals surface area contributed by atoms with E-state index in [9.17, 15) is 14.9 Å². The van der Waals surface area contributed by atoms with E-state index >= 15 is 0 Å². The minimum absolute atomic E-state index is 0. The Morgan fingerprint density at radius 1 is 1.32 bits per heavy atom. The first-order valence-corrected chi connectivity index (χ1v) is 7.78. The van der Waals surface area contributed by atoms with Gasteiger partial charge in [-0.2, -0.15) is 5.10 Å². The third-order valence-electron chi connectivity index (χ3n) is 3.59. The standard InChI is InChI=1S/C16H21N5O3.ClH/c17-8-4-9-19(12-14-5-2-1-3-6-14)16(22)7-10-20-13-15(11-18-20)21(23)24;/h1-3,5-6,11,13H,4,7-10,12,17H2;1H. The molecule has 25 heavy (non-hydrogen) atoms. The molecule has 1 aromatic heterocycles. The number of nitrogens with zero attached hydrogens (tertiary/aromatic N) is 4. The Balaban J connectivity index is 0.00000312. The quantitative estimate of drug-likeness (QED) is 0.538. The van der Waals surface area contributed by atoms with Crippen molar-refractivity contribution in [2.45, 2.75) is 25.9 Å². The van der Waals surface area contributed by atoms with Crippen LogP contribution in [0.25, 0.3) is 0 Å². The van der Waals surface area contributed by atoms with Crippen molar-refractivity contribution >= 4 is 24.0 Å². The van der Waals surface area contributed by atoms with Crippen molar-refractivity contribution in [3.63, 3.8) is 0 Å². The Kier molecular flexibility index (Phi) is 8.59. The Morgan fingerprint density at radius 2 is 2.04 bits per heavy atom. The fourth-order valence-electron chi connectivity index (χ4n) is 2.32. The monoisotopic (exact) mass is 367 g/mol. The molecule has 0 aliphatic heterocycles. The summed E-state index contributed by atoms with van der Waals surface area (Å²) >= 11 is 0. The van der Waals surface area contributed by atoms with Gasteiger partial charge in [0.05, 0.1) is 4.92 Å². The number of hydrogen-bond acceptors (Lipinski definition) is 5. The van der Waals surface area contributed by atoms with Gasteiger partial charge in [0.2, 0.25) is 5.91 Å². The molecule has 0 aliphatic carbocycles. The summed E-state index contributed by atoms with van der Waals surface area (Å²) in [7, 11) is 0. The number of nitro groups is 1. The molecule has 1 heterocycles. The van der Waals surface area contributed by atoms with Crippen LogP contribution in [0.15, 0.2) is 42.7 Å². The van der Waals surface area contributed by atoms with Crippen LogP contribution >= 0.6 is 12.4 Å². The van der Waals surface area contributed by atoms with E-state index in [1.807, 2.05) is 30.3 Å². The lowest BCUT2D eigenvalue weighted by molar-refractivity contribution is -0.385. The molecule has 0 fully saturated rings. The van der Waals surface area contributed by atoms with E-state index in [1.54, 1.807) is 4.90 Å². The summed E-state index contributed by atoms with van der Waals surface area (Å²) in [5, 5.41) is 14.5. The first-order chi connectivity index (χ1) is 11.6. The normalized spacial score (nSPS) is 10.1. The Hall–Kier alpha value is -2.45. The molecule has 8 nitrogen and oxygen atoms in total. The van der Waals surface area contributed by atoms with Crippen LogP contribution in [0.4, 0.5) is 5.69 Å². The molecule has 0 spiro atoms. The van der Waals surface area contributed by atoms with Gasteiger partial charge in [-0.15, -0.1) is 12.4 Å². The Bertz CT molecular complexity index is 677. The molecule has 1 aromatic carbocycles. The van der Waals surface area contributed by atoms with Crippen molar-refractivity contribution in [2.75, 3.05) is 13.1 Å². The average Bonchev–Trinajstić information content (AvgIpc) is 3.06. The van der Waals surface area contributed by atoms with E-state index in [0.717, 1.165) is 12.0 Å². The van der Waals surface area contributed by atoms with Crippen molar-refractivity contribution in [3.8, 4) is 0 Å². The van der Waals surface area contributed by atoms with Gasteiger partial charge in [-0.3, -0.25) is 19.6 Å². The fourth-order valence-corrected chi connectivity index (χ4v) is 2.32. The lowest BCUT2D eigenvalue weighted by Crippen LogP contribution is -2.33. The van der Waals surface area contributed by atoms with Crippen LogP contribution in [-0.2, 0) is 17.9 Å². The maximum atomic E-state index is 12.5. The smallest absolute Gasteiger partial charge is 0.306 e. The van der Waals surface area contributed by atoms with Crippen LogP contribution in [-0.4, -0.2) is 38.6 Å². The van der Waals surface area contributed by atoms with Crippen molar-refractivity contribution in [2.24, 2.45) is 5.73 Å². The number of nitrogens with two attached hydrogens (primary N) is 1. The third kappa shape index (κ3) is 6.52. The average molecular weight is 368 g/mol. The summed E-state index contributed by atoms with van der Waals surface area (Å²) < 4.78 is 1.42. The van der Waals surface area contributed by atoms with Crippen molar-refractivity contribution in [3.05, 3.63) is 58.4 Å². The van der Waals surface area contributed by atoms with E-state index in [-0.39, 0.29) is 30.4 Å². The van der Waals surface area contributed by atoms with E-state index in [4.69, 9.17) is 5.73 Å². The number of carbonyl (C=O) groups excluding carboxylic acids is 1. The molecule has 0 unspecified atom stereocenters. The van der Waals surface area contributed by atoms with Gasteiger partial charge < -0.3 is 10.6 Å². The highest BCUT2D eigenvalue weighted by Crippen LogP contribution is 2.10. The van der Waals surface area contributed by atoms with Crippen LogP contribution < -0.4 is 5.73 Å². The third-order valence-corrected chi connectivity index (χ3v) is 3.59. The molecule has 0 saturated heterocycles. The summed E-state index contributed by atoms with van der Waals surface area (Å²) in [5.41, 5.74) is 6.53. The van der Waals surface area contributed by atoms with E-state index in [2.05, 4.69) is 5.10 Å². The maximum absolute atomic E-state index is 12.5. The Labute approximate surface area is 152 Å². The molecular weight excluding hydrogens is 346 g/mol. The van der Waals surface area contributed by atoms with Crippen molar-refractivity contribution < 1.29 is 9.72 Å². The second kappa shape index (κ2) is 10.4. The number of amides is 1. The maximum Gasteiger partial charge on any atom is 0.306 e. The number of aromatic nitrogens is 2. The zero-order chi connectivity index (χ0) is 17.4. The van der Waals surface area contributed by atoms with Gasteiger partial charge in [-0.1, -0.05) is 30.3 Å². The minimum Gasteiger partial charge on any atom is -0.338 e. The van der Waals surface area contributed by atoms with Crippen molar-refractivity contribution in [1.29, 1.82) is 0 Å². The lowest BCUT2D eigenvalue weighted by Gasteiger charge is -2.22. The molecular formula is C16H22ClN5O3. The first-order valence-electron chi connectivity index (χ1n) is 7.78. The number of hydrogen-bond donors (Lipinski definition) is 1. The largest absolute Gasteiger partial charge is 0.338 e. The van der Waals surface area contributed by atoms with Gasteiger partial charge in [-0.25, -0.2) is 0 Å². The second-order valence-electron chi connectivity index (χ2n) is 5.41. The van der Waals surface area contributed by atoms with Crippen LogP contribution in [0, 0.1) is 10.1 Å².